The van der Waals surface area contributed by atoms with Crippen molar-refractivity contribution in [1.29, 1.82) is 0 Å². The number of rotatable bonds is 1. The molecule has 0 saturated carbocycles. The standard InChI is InChI=1S/C16H21ClN4/c17-12-4-6-13(7-5-12)21-15(18)19-11-16(21)8-10-20-9-2-1-3-14(16)20/h4-7,14H,1-3,8-11H2,(H2,18,19). The maximum absolute atomic E-state index is 6.25. The van der Waals surface area contributed by atoms with Crippen LogP contribution >= 0.6 is 11.6 Å². The summed E-state index contributed by atoms with van der Waals surface area (Å²) >= 11 is 6.03. The number of aliphatic imine (C=N–C) groups is 1. The van der Waals surface area contributed by atoms with Gasteiger partial charge in [0.25, 0.3) is 0 Å². The molecule has 2 N–H and O–H groups in total. The van der Waals surface area contributed by atoms with Gasteiger partial charge in [-0.3, -0.25) is 9.89 Å². The second-order valence-electron chi connectivity index (χ2n) is 6.39. The van der Waals surface area contributed by atoms with Crippen LogP contribution in [0.15, 0.2) is 29.3 Å². The van der Waals surface area contributed by atoms with E-state index in [1.807, 2.05) is 12.1 Å². The van der Waals surface area contributed by atoms with Gasteiger partial charge in [-0.05, 0) is 50.1 Å². The molecule has 0 bridgehead atoms. The van der Waals surface area contributed by atoms with Crippen molar-refractivity contribution in [1.82, 2.24) is 4.90 Å². The minimum absolute atomic E-state index is 0.0539. The largest absolute Gasteiger partial charge is 0.369 e. The van der Waals surface area contributed by atoms with Crippen LogP contribution in [0.2, 0.25) is 5.02 Å². The highest BCUT2D eigenvalue weighted by atomic mass is 35.5. The molecule has 5 heteroatoms. The summed E-state index contributed by atoms with van der Waals surface area (Å²) in [6, 6.07) is 8.56. The first-order valence-corrected chi connectivity index (χ1v) is 8.18. The van der Waals surface area contributed by atoms with E-state index in [9.17, 15) is 0 Å². The third-order valence-corrected chi connectivity index (χ3v) is 5.59. The van der Waals surface area contributed by atoms with Crippen molar-refractivity contribution >= 4 is 23.2 Å². The summed E-state index contributed by atoms with van der Waals surface area (Å²) in [6.07, 6.45) is 5.04. The van der Waals surface area contributed by atoms with E-state index in [0.717, 1.165) is 30.2 Å². The minimum Gasteiger partial charge on any atom is -0.369 e. The highest BCUT2D eigenvalue weighted by molar-refractivity contribution is 6.30. The lowest BCUT2D eigenvalue weighted by molar-refractivity contribution is 0.163. The van der Waals surface area contributed by atoms with Gasteiger partial charge in [-0.2, -0.15) is 0 Å². The van der Waals surface area contributed by atoms with Crippen molar-refractivity contribution in [2.24, 2.45) is 10.7 Å². The number of hydrogen-bond donors (Lipinski definition) is 1. The molecule has 4 rings (SSSR count). The van der Waals surface area contributed by atoms with Crippen LogP contribution < -0.4 is 10.6 Å². The molecule has 1 aromatic rings. The van der Waals surface area contributed by atoms with Crippen LogP contribution in [0.4, 0.5) is 5.69 Å². The number of nitrogens with zero attached hydrogens (tertiary/aromatic N) is 3. The van der Waals surface area contributed by atoms with E-state index in [1.165, 1.54) is 25.8 Å². The zero-order valence-electron chi connectivity index (χ0n) is 12.1. The molecular formula is C16H21ClN4. The highest BCUT2D eigenvalue weighted by Crippen LogP contribution is 2.44. The first kappa shape index (κ1) is 13.4. The maximum atomic E-state index is 6.25. The summed E-state index contributed by atoms with van der Waals surface area (Å²) in [4.78, 5) is 9.52. The third-order valence-electron chi connectivity index (χ3n) is 5.34. The predicted octanol–water partition coefficient (Wildman–Crippen LogP) is 2.47. The minimum atomic E-state index is 0.0539. The molecule has 2 atom stereocenters. The number of halogens is 1. The Morgan fingerprint density at radius 2 is 2.00 bits per heavy atom. The summed E-state index contributed by atoms with van der Waals surface area (Å²) in [5.41, 5.74) is 7.42. The number of benzene rings is 1. The van der Waals surface area contributed by atoms with Gasteiger partial charge in [-0.1, -0.05) is 18.0 Å². The quantitative estimate of drug-likeness (QED) is 0.867. The Kier molecular flexibility index (Phi) is 3.12. The van der Waals surface area contributed by atoms with Crippen molar-refractivity contribution in [3.63, 3.8) is 0 Å². The average molecular weight is 305 g/mol. The molecule has 3 heterocycles. The van der Waals surface area contributed by atoms with E-state index in [4.69, 9.17) is 17.3 Å². The van der Waals surface area contributed by atoms with Crippen LogP contribution in [-0.2, 0) is 0 Å². The Balaban J connectivity index is 1.73. The van der Waals surface area contributed by atoms with Gasteiger partial charge in [0.1, 0.15) is 0 Å². The molecule has 112 valence electrons. The normalized spacial score (nSPS) is 32.5. The summed E-state index contributed by atoms with van der Waals surface area (Å²) in [5.74, 6) is 0.657. The van der Waals surface area contributed by atoms with Gasteiger partial charge in [0, 0.05) is 23.3 Å². The van der Waals surface area contributed by atoms with Crippen molar-refractivity contribution in [3.05, 3.63) is 29.3 Å². The number of hydrogen-bond acceptors (Lipinski definition) is 4. The molecule has 1 aromatic carbocycles. The van der Waals surface area contributed by atoms with Crippen LogP contribution in [0.25, 0.3) is 0 Å². The third kappa shape index (κ3) is 1.96. The Bertz CT molecular complexity index is 570. The molecule has 2 saturated heterocycles. The Morgan fingerprint density at radius 3 is 2.81 bits per heavy atom. The van der Waals surface area contributed by atoms with Gasteiger partial charge in [0.2, 0.25) is 0 Å². The second-order valence-corrected chi connectivity index (χ2v) is 6.82. The predicted molar refractivity (Wildman–Crippen MR) is 87.0 cm³/mol. The van der Waals surface area contributed by atoms with Gasteiger partial charge in [-0.15, -0.1) is 0 Å². The molecule has 2 fully saturated rings. The fourth-order valence-corrected chi connectivity index (χ4v) is 4.51. The van der Waals surface area contributed by atoms with Crippen LogP contribution in [0.5, 0.6) is 0 Å². The lowest BCUT2D eigenvalue weighted by Gasteiger charge is -2.44. The van der Waals surface area contributed by atoms with Crippen LogP contribution in [0, 0.1) is 0 Å². The van der Waals surface area contributed by atoms with E-state index in [2.05, 4.69) is 26.9 Å². The van der Waals surface area contributed by atoms with Crippen LogP contribution in [0.1, 0.15) is 25.7 Å². The average Bonchev–Trinajstić information content (AvgIpc) is 3.04. The molecule has 0 aromatic heterocycles. The molecule has 3 aliphatic heterocycles. The van der Waals surface area contributed by atoms with E-state index in [-0.39, 0.29) is 5.54 Å². The first-order chi connectivity index (χ1) is 10.2. The van der Waals surface area contributed by atoms with Gasteiger partial charge in [-0.25, -0.2) is 0 Å². The topological polar surface area (TPSA) is 44.9 Å². The molecule has 3 aliphatic rings. The van der Waals surface area contributed by atoms with E-state index in [1.54, 1.807) is 0 Å². The smallest absolute Gasteiger partial charge is 0.196 e. The first-order valence-electron chi connectivity index (χ1n) is 7.80. The number of fused-ring (bicyclic) bond motifs is 2. The molecule has 21 heavy (non-hydrogen) atoms. The van der Waals surface area contributed by atoms with Gasteiger partial charge in [0.15, 0.2) is 5.96 Å². The number of nitrogens with two attached hydrogens (primary N) is 1. The van der Waals surface area contributed by atoms with Gasteiger partial charge >= 0.3 is 0 Å². The van der Waals surface area contributed by atoms with E-state index >= 15 is 0 Å². The molecule has 0 radical (unpaired) electrons. The Labute approximate surface area is 130 Å². The lowest BCUT2D eigenvalue weighted by Crippen LogP contribution is -2.59. The fourth-order valence-electron chi connectivity index (χ4n) is 4.38. The fraction of sp³-hybridized carbons (Fsp3) is 0.562. The molecule has 2 unspecified atom stereocenters. The SMILES string of the molecule is NC1=NCC2(CCN3CCCCC32)N1c1ccc(Cl)cc1. The maximum Gasteiger partial charge on any atom is 0.196 e. The van der Waals surface area contributed by atoms with Crippen molar-refractivity contribution < 1.29 is 0 Å². The zero-order valence-corrected chi connectivity index (χ0v) is 12.9. The number of guanidine groups is 1. The van der Waals surface area contributed by atoms with Crippen LogP contribution in [-0.4, -0.2) is 42.1 Å². The molecule has 4 nitrogen and oxygen atoms in total. The zero-order chi connectivity index (χ0) is 14.4. The number of anilines is 1. The van der Waals surface area contributed by atoms with E-state index < -0.39 is 0 Å². The van der Waals surface area contributed by atoms with E-state index in [0.29, 0.717) is 12.0 Å². The highest BCUT2D eigenvalue weighted by Gasteiger charge is 2.55. The van der Waals surface area contributed by atoms with Gasteiger partial charge < -0.3 is 10.6 Å². The van der Waals surface area contributed by atoms with Crippen LogP contribution in [0.3, 0.4) is 0 Å². The lowest BCUT2D eigenvalue weighted by atomic mass is 9.84. The monoisotopic (exact) mass is 304 g/mol. The molecular weight excluding hydrogens is 284 g/mol. The molecule has 0 amide bonds. The summed E-state index contributed by atoms with van der Waals surface area (Å²) in [5, 5.41) is 0.758. The Morgan fingerprint density at radius 1 is 1.19 bits per heavy atom. The summed E-state index contributed by atoms with van der Waals surface area (Å²) < 4.78 is 0. The number of piperidine rings is 1. The molecule has 0 aliphatic carbocycles. The summed E-state index contributed by atoms with van der Waals surface area (Å²) in [7, 11) is 0. The van der Waals surface area contributed by atoms with Gasteiger partial charge in [0.05, 0.1) is 12.1 Å². The Hall–Kier alpha value is -1.26. The summed E-state index contributed by atoms with van der Waals surface area (Å²) in [6.45, 7) is 3.21. The second kappa shape index (κ2) is 4.89. The van der Waals surface area contributed by atoms with Crippen molar-refractivity contribution in [3.8, 4) is 0 Å². The van der Waals surface area contributed by atoms with Crippen molar-refractivity contribution in [2.75, 3.05) is 24.5 Å². The molecule has 1 spiro atoms. The van der Waals surface area contributed by atoms with Crippen molar-refractivity contribution in [2.45, 2.75) is 37.3 Å².